The number of amides is 1. The minimum atomic E-state index is 0.289. The lowest BCUT2D eigenvalue weighted by molar-refractivity contribution is -0.138. The lowest BCUT2D eigenvalue weighted by atomic mass is 9.84. The van der Waals surface area contributed by atoms with Crippen molar-refractivity contribution in [2.45, 2.75) is 33.1 Å². The average molecular weight is 396 g/mol. The Bertz CT molecular complexity index is 1030. The third-order valence-corrected chi connectivity index (χ3v) is 7.15. The molecule has 1 aliphatic heterocycles. The molecule has 0 atom stereocenters. The van der Waals surface area contributed by atoms with Gasteiger partial charge in [0.05, 0.1) is 16.1 Å². The summed E-state index contributed by atoms with van der Waals surface area (Å²) < 4.78 is 3.10. The van der Waals surface area contributed by atoms with E-state index in [9.17, 15) is 4.79 Å². The molecule has 0 unspecified atom stereocenters. The van der Waals surface area contributed by atoms with Crippen LogP contribution < -0.4 is 4.90 Å². The van der Waals surface area contributed by atoms with Crippen LogP contribution in [0.4, 0.5) is 5.13 Å². The molecule has 1 aliphatic carbocycles. The third kappa shape index (κ3) is 2.98. The Morgan fingerprint density at radius 2 is 1.93 bits per heavy atom. The van der Waals surface area contributed by atoms with Gasteiger partial charge in [0, 0.05) is 32.1 Å². The molecule has 3 aromatic rings. The lowest BCUT2D eigenvalue weighted by Gasteiger charge is -2.38. The molecule has 5 rings (SSSR count). The molecule has 0 bridgehead atoms. The number of aromatic nitrogens is 3. The van der Waals surface area contributed by atoms with Gasteiger partial charge in [-0.2, -0.15) is 10.1 Å². The van der Waals surface area contributed by atoms with Crippen LogP contribution in [-0.2, 0) is 4.79 Å². The van der Waals surface area contributed by atoms with Crippen molar-refractivity contribution in [3.63, 3.8) is 0 Å². The molecule has 1 saturated heterocycles. The van der Waals surface area contributed by atoms with Crippen LogP contribution >= 0.6 is 11.3 Å². The Labute approximate surface area is 168 Å². The van der Waals surface area contributed by atoms with Crippen LogP contribution in [0.1, 0.15) is 30.5 Å². The molecule has 0 spiro atoms. The Balaban J connectivity index is 1.37. The summed E-state index contributed by atoms with van der Waals surface area (Å²) in [7, 11) is 0. The van der Waals surface area contributed by atoms with Crippen LogP contribution in [0.15, 0.2) is 24.3 Å². The fourth-order valence-corrected chi connectivity index (χ4v) is 5.07. The number of nitrogens with zero attached hydrogens (tertiary/aromatic N) is 5. The number of carbonyl (C=O) groups excluding carboxylic acids is 1. The van der Waals surface area contributed by atoms with Crippen LogP contribution in [0.3, 0.4) is 0 Å². The second kappa shape index (κ2) is 6.88. The first-order chi connectivity index (χ1) is 13.6. The van der Waals surface area contributed by atoms with Crippen molar-refractivity contribution < 1.29 is 4.79 Å². The number of piperazine rings is 1. The molecule has 2 fully saturated rings. The molecule has 0 radical (unpaired) electrons. The topological polar surface area (TPSA) is 54.3 Å². The highest BCUT2D eigenvalue weighted by Gasteiger charge is 2.32. The van der Waals surface area contributed by atoms with E-state index in [4.69, 9.17) is 10.1 Å². The number of thiazole rings is 1. The third-order valence-electron chi connectivity index (χ3n) is 5.94. The zero-order valence-electron chi connectivity index (χ0n) is 16.4. The van der Waals surface area contributed by atoms with Gasteiger partial charge in [-0.15, -0.1) is 0 Å². The summed E-state index contributed by atoms with van der Waals surface area (Å²) in [6.07, 6.45) is 3.36. The molecule has 2 aliphatic rings. The van der Waals surface area contributed by atoms with E-state index < -0.39 is 0 Å². The number of anilines is 1. The van der Waals surface area contributed by atoms with E-state index in [-0.39, 0.29) is 5.92 Å². The smallest absolute Gasteiger partial charge is 0.225 e. The summed E-state index contributed by atoms with van der Waals surface area (Å²) in [6, 6.07) is 8.35. The van der Waals surface area contributed by atoms with Crippen LogP contribution in [0.2, 0.25) is 0 Å². The molecule has 7 heteroatoms. The van der Waals surface area contributed by atoms with Gasteiger partial charge in [0.15, 0.2) is 10.8 Å². The molecule has 3 heterocycles. The Morgan fingerprint density at radius 3 is 2.61 bits per heavy atom. The monoisotopic (exact) mass is 395 g/mol. The maximum Gasteiger partial charge on any atom is 0.225 e. The number of rotatable bonds is 3. The molecule has 2 aromatic heterocycles. The Hall–Kier alpha value is -2.41. The zero-order chi connectivity index (χ0) is 19.3. The van der Waals surface area contributed by atoms with Crippen LogP contribution in [0, 0.1) is 19.8 Å². The highest BCUT2D eigenvalue weighted by molar-refractivity contribution is 7.22. The fourth-order valence-electron chi connectivity index (χ4n) is 4.03. The summed E-state index contributed by atoms with van der Waals surface area (Å²) in [5.41, 5.74) is 4.20. The highest BCUT2D eigenvalue weighted by atomic mass is 32.1. The number of benzene rings is 1. The highest BCUT2D eigenvalue weighted by Crippen LogP contribution is 2.34. The first kappa shape index (κ1) is 17.7. The van der Waals surface area contributed by atoms with Crippen molar-refractivity contribution >= 4 is 32.7 Å². The quantitative estimate of drug-likeness (QED) is 0.681. The Morgan fingerprint density at radius 1 is 1.14 bits per heavy atom. The molecule has 0 N–H and O–H groups in total. The van der Waals surface area contributed by atoms with Gasteiger partial charge in [-0.3, -0.25) is 4.79 Å². The maximum atomic E-state index is 12.5. The van der Waals surface area contributed by atoms with Crippen LogP contribution in [-0.4, -0.2) is 51.8 Å². The van der Waals surface area contributed by atoms with Gasteiger partial charge >= 0.3 is 0 Å². The summed E-state index contributed by atoms with van der Waals surface area (Å²) in [6.45, 7) is 7.44. The molecule has 1 aromatic carbocycles. The molecule has 6 nitrogen and oxygen atoms in total. The van der Waals surface area contributed by atoms with Gasteiger partial charge in [-0.25, -0.2) is 4.68 Å². The lowest BCUT2D eigenvalue weighted by Crippen LogP contribution is -2.51. The van der Waals surface area contributed by atoms with Crippen molar-refractivity contribution in [3.05, 3.63) is 35.5 Å². The number of fused-ring (bicyclic) bond motifs is 1. The number of carbonyl (C=O) groups is 1. The standard InChI is InChI=1S/C21H25N5OS/c1-14-5-3-8-17(13-14)26-19-18(15(2)23-26)28-21(22-19)25-11-9-24(10-12-25)20(27)16-6-4-7-16/h3,5,8,13,16H,4,6-7,9-12H2,1-2H3. The summed E-state index contributed by atoms with van der Waals surface area (Å²) in [4.78, 5) is 21.8. The van der Waals surface area contributed by atoms with E-state index in [1.165, 1.54) is 12.0 Å². The normalized spacial score (nSPS) is 17.9. The van der Waals surface area contributed by atoms with E-state index in [0.29, 0.717) is 5.91 Å². The largest absolute Gasteiger partial charge is 0.344 e. The Kier molecular flexibility index (Phi) is 4.34. The predicted octanol–water partition coefficient (Wildman–Crippen LogP) is 3.55. The van der Waals surface area contributed by atoms with E-state index in [1.807, 2.05) is 16.5 Å². The maximum absolute atomic E-state index is 12.5. The van der Waals surface area contributed by atoms with Gasteiger partial charge in [-0.1, -0.05) is 29.9 Å². The second-order valence-corrected chi connectivity index (χ2v) is 8.90. The summed E-state index contributed by atoms with van der Waals surface area (Å²) >= 11 is 1.71. The minimum absolute atomic E-state index is 0.289. The minimum Gasteiger partial charge on any atom is -0.344 e. The summed E-state index contributed by atoms with van der Waals surface area (Å²) in [5.74, 6) is 0.651. The number of hydrogen-bond donors (Lipinski definition) is 0. The van der Waals surface area contributed by atoms with Crippen molar-refractivity contribution in [2.75, 3.05) is 31.1 Å². The van der Waals surface area contributed by atoms with Gasteiger partial charge in [-0.05, 0) is 44.4 Å². The van der Waals surface area contributed by atoms with Crippen LogP contribution in [0.5, 0.6) is 0 Å². The first-order valence-electron chi connectivity index (χ1n) is 10.1. The average Bonchev–Trinajstić information content (AvgIpc) is 3.21. The van der Waals surface area contributed by atoms with E-state index in [2.05, 4.69) is 36.1 Å². The van der Waals surface area contributed by atoms with Gasteiger partial charge in [0.1, 0.15) is 0 Å². The second-order valence-electron chi connectivity index (χ2n) is 7.93. The molecule has 28 heavy (non-hydrogen) atoms. The first-order valence-corrected chi connectivity index (χ1v) is 10.9. The molecular weight excluding hydrogens is 370 g/mol. The van der Waals surface area contributed by atoms with Gasteiger partial charge < -0.3 is 9.80 Å². The predicted molar refractivity (Wildman–Crippen MR) is 112 cm³/mol. The van der Waals surface area contributed by atoms with Gasteiger partial charge in [0.25, 0.3) is 0 Å². The molecular formula is C21H25N5OS. The van der Waals surface area contributed by atoms with E-state index in [1.54, 1.807) is 11.3 Å². The van der Waals surface area contributed by atoms with Crippen molar-refractivity contribution in [2.24, 2.45) is 5.92 Å². The van der Waals surface area contributed by atoms with Crippen molar-refractivity contribution in [1.29, 1.82) is 0 Å². The molecule has 1 saturated carbocycles. The SMILES string of the molecule is Cc1cccc(-n2nc(C)c3sc(N4CCN(C(=O)C5CCC5)CC4)nc32)c1. The van der Waals surface area contributed by atoms with E-state index >= 15 is 0 Å². The van der Waals surface area contributed by atoms with E-state index in [0.717, 1.165) is 65.9 Å². The van der Waals surface area contributed by atoms with Crippen molar-refractivity contribution in [3.8, 4) is 5.69 Å². The molecule has 146 valence electrons. The number of hydrogen-bond acceptors (Lipinski definition) is 5. The van der Waals surface area contributed by atoms with Crippen LogP contribution in [0.25, 0.3) is 16.0 Å². The van der Waals surface area contributed by atoms with Crippen molar-refractivity contribution in [1.82, 2.24) is 19.7 Å². The van der Waals surface area contributed by atoms with Gasteiger partial charge in [0.2, 0.25) is 5.91 Å². The molecule has 1 amide bonds. The summed E-state index contributed by atoms with van der Waals surface area (Å²) in [5, 5.41) is 5.75. The fraction of sp³-hybridized carbons (Fsp3) is 0.476. The zero-order valence-corrected chi connectivity index (χ0v) is 17.2. The number of aryl methyl sites for hydroxylation is 2.